The lowest BCUT2D eigenvalue weighted by Gasteiger charge is -2.54. The lowest BCUT2D eigenvalue weighted by atomic mass is 9.54. The fourth-order valence-electron chi connectivity index (χ4n) is 6.15. The second kappa shape index (κ2) is 9.30. The molecule has 6 rings (SSSR count). The molecule has 2 aromatic carbocycles. The van der Waals surface area contributed by atoms with Gasteiger partial charge < -0.3 is 10.2 Å². The number of rotatable bonds is 7. The van der Waals surface area contributed by atoms with E-state index in [2.05, 4.69) is 10.6 Å². The first kappa shape index (κ1) is 23.7. The molecule has 2 heterocycles. The third-order valence-corrected chi connectivity index (χ3v) is 9.58. The van der Waals surface area contributed by atoms with E-state index in [1.54, 1.807) is 28.8 Å². The van der Waals surface area contributed by atoms with Crippen LogP contribution in [0.5, 0.6) is 0 Å². The molecule has 1 unspecified atom stereocenters. The van der Waals surface area contributed by atoms with E-state index in [0.717, 1.165) is 16.0 Å². The van der Waals surface area contributed by atoms with Crippen molar-refractivity contribution in [3.8, 4) is 0 Å². The fraction of sp³-hybridized carbons (Fsp3) is 0.464. The molecule has 1 saturated heterocycles. The molecule has 0 bridgehead atoms. The number of piperidine rings is 1. The van der Waals surface area contributed by atoms with E-state index in [-0.39, 0.29) is 24.1 Å². The van der Waals surface area contributed by atoms with Gasteiger partial charge in [-0.25, -0.2) is 4.39 Å². The molecule has 2 aliphatic carbocycles. The Labute approximate surface area is 214 Å². The number of fused-ring (bicyclic) bond motifs is 1. The van der Waals surface area contributed by atoms with Crippen LogP contribution >= 0.6 is 11.8 Å². The van der Waals surface area contributed by atoms with Crippen molar-refractivity contribution < 1.29 is 18.8 Å². The third-order valence-electron chi connectivity index (χ3n) is 8.41. The van der Waals surface area contributed by atoms with Gasteiger partial charge in [-0.05, 0) is 66.8 Å². The van der Waals surface area contributed by atoms with E-state index < -0.39 is 11.9 Å². The van der Waals surface area contributed by atoms with Crippen molar-refractivity contribution in [3.63, 3.8) is 0 Å². The second-order valence-corrected chi connectivity index (χ2v) is 11.8. The molecule has 2 N–H and O–H groups in total. The summed E-state index contributed by atoms with van der Waals surface area (Å²) in [5.74, 6) is -0.489. The Morgan fingerprint density at radius 3 is 2.69 bits per heavy atom. The summed E-state index contributed by atoms with van der Waals surface area (Å²) >= 11 is 1.57. The first-order valence-corrected chi connectivity index (χ1v) is 13.8. The van der Waals surface area contributed by atoms with Crippen LogP contribution in [0.15, 0.2) is 41.3 Å². The Kier molecular flexibility index (Phi) is 6.12. The minimum Gasteiger partial charge on any atom is -0.322 e. The van der Waals surface area contributed by atoms with Crippen molar-refractivity contribution in [3.05, 3.63) is 64.5 Å². The lowest BCUT2D eigenvalue weighted by molar-refractivity contribution is -0.136. The quantitative estimate of drug-likeness (QED) is 0.432. The van der Waals surface area contributed by atoms with Crippen molar-refractivity contribution in [1.82, 2.24) is 15.5 Å². The van der Waals surface area contributed by atoms with Crippen LogP contribution in [0.3, 0.4) is 0 Å². The minimum absolute atomic E-state index is 0.181. The number of hydrogen-bond donors (Lipinski definition) is 2. The number of carbonyl (C=O) groups is 3. The molecule has 0 radical (unpaired) electrons. The summed E-state index contributed by atoms with van der Waals surface area (Å²) in [6.07, 6.45) is 7.12. The van der Waals surface area contributed by atoms with Crippen molar-refractivity contribution in [2.45, 2.75) is 80.8 Å². The van der Waals surface area contributed by atoms with Gasteiger partial charge >= 0.3 is 0 Å². The number of imide groups is 1. The molecule has 2 aliphatic heterocycles. The Morgan fingerprint density at radius 1 is 1.14 bits per heavy atom. The molecule has 4 aliphatic rings. The number of amides is 3. The maximum Gasteiger partial charge on any atom is 0.255 e. The molecule has 36 heavy (non-hydrogen) atoms. The van der Waals surface area contributed by atoms with Crippen molar-refractivity contribution in [2.24, 2.45) is 5.41 Å². The number of nitrogens with one attached hydrogen (secondary N) is 2. The average molecular weight is 508 g/mol. The average Bonchev–Trinajstić information content (AvgIpc) is 3.13. The summed E-state index contributed by atoms with van der Waals surface area (Å²) in [6, 6.07) is 10.9. The number of benzene rings is 2. The van der Waals surface area contributed by atoms with E-state index in [9.17, 15) is 18.8 Å². The molecular weight excluding hydrogens is 477 g/mol. The Balaban J connectivity index is 1.07. The van der Waals surface area contributed by atoms with Crippen molar-refractivity contribution in [2.75, 3.05) is 0 Å². The summed E-state index contributed by atoms with van der Waals surface area (Å²) in [5, 5.41) is 5.86. The normalized spacial score (nSPS) is 22.9. The first-order valence-electron chi connectivity index (χ1n) is 12.8. The highest BCUT2D eigenvalue weighted by atomic mass is 32.2. The van der Waals surface area contributed by atoms with Crippen LogP contribution in [0, 0.1) is 11.2 Å². The monoisotopic (exact) mass is 507 g/mol. The molecule has 3 fully saturated rings. The zero-order chi connectivity index (χ0) is 24.9. The van der Waals surface area contributed by atoms with E-state index in [1.807, 2.05) is 24.3 Å². The number of thioether (sulfide) groups is 1. The Hall–Kier alpha value is -2.71. The maximum atomic E-state index is 14.8. The van der Waals surface area contributed by atoms with E-state index >= 15 is 0 Å². The lowest BCUT2D eigenvalue weighted by Crippen LogP contribution is -2.52. The van der Waals surface area contributed by atoms with E-state index in [1.165, 1.54) is 32.1 Å². The summed E-state index contributed by atoms with van der Waals surface area (Å²) < 4.78 is 14.8. The predicted octanol–water partition coefficient (Wildman–Crippen LogP) is 4.30. The van der Waals surface area contributed by atoms with Crippen LogP contribution in [-0.4, -0.2) is 34.7 Å². The van der Waals surface area contributed by atoms with E-state index in [4.69, 9.17) is 0 Å². The maximum absolute atomic E-state index is 14.8. The molecule has 1 atom stereocenters. The Bertz CT molecular complexity index is 1240. The molecule has 188 valence electrons. The van der Waals surface area contributed by atoms with Crippen LogP contribution < -0.4 is 10.6 Å². The summed E-state index contributed by atoms with van der Waals surface area (Å²) in [7, 11) is 0. The number of hydrogen-bond acceptors (Lipinski definition) is 5. The molecule has 0 aromatic heterocycles. The fourth-order valence-corrected chi connectivity index (χ4v) is 7.17. The standard InChI is InChI=1S/C28H30FN3O3S/c29-22-11-17(5-6-18(22)14-30-19-12-28(13-19)9-2-10-28)16-36-24-4-1-3-20-21(24)15-32(27(20)35)23-7-8-25(33)31-26(23)34/h1,3-6,11,19,23,30H,2,7-10,12-16H2,(H,31,33,34). The SMILES string of the molecule is O=C1CCC(N2Cc3c(SCc4ccc(CNC5CC6(CCC6)C5)c(F)c4)cccc3C2=O)C(=O)N1. The highest BCUT2D eigenvalue weighted by molar-refractivity contribution is 7.98. The second-order valence-electron chi connectivity index (χ2n) is 10.7. The number of nitrogens with zero attached hydrogens (tertiary/aromatic N) is 1. The van der Waals surface area contributed by atoms with Gasteiger partial charge in [-0.2, -0.15) is 0 Å². The largest absolute Gasteiger partial charge is 0.322 e. The molecule has 1 spiro atoms. The molecule has 6 nitrogen and oxygen atoms in total. The zero-order valence-electron chi connectivity index (χ0n) is 20.1. The van der Waals surface area contributed by atoms with Crippen LogP contribution in [0.25, 0.3) is 0 Å². The third kappa shape index (κ3) is 4.34. The smallest absolute Gasteiger partial charge is 0.255 e. The van der Waals surface area contributed by atoms with Gasteiger partial charge in [0.2, 0.25) is 11.8 Å². The van der Waals surface area contributed by atoms with Gasteiger partial charge in [-0.3, -0.25) is 19.7 Å². The zero-order valence-corrected chi connectivity index (χ0v) is 21.0. The van der Waals surface area contributed by atoms with Crippen LogP contribution in [-0.2, 0) is 28.4 Å². The van der Waals surface area contributed by atoms with Gasteiger partial charge in [0.25, 0.3) is 5.91 Å². The minimum atomic E-state index is -0.630. The van der Waals surface area contributed by atoms with Crippen LogP contribution in [0.4, 0.5) is 4.39 Å². The molecular formula is C28H30FN3O3S. The van der Waals surface area contributed by atoms with Gasteiger partial charge in [0, 0.05) is 47.3 Å². The molecule has 3 amide bonds. The Morgan fingerprint density at radius 2 is 1.97 bits per heavy atom. The van der Waals surface area contributed by atoms with Gasteiger partial charge in [-0.15, -0.1) is 11.8 Å². The number of halogens is 1. The predicted molar refractivity (Wildman–Crippen MR) is 135 cm³/mol. The van der Waals surface area contributed by atoms with Gasteiger partial charge in [0.1, 0.15) is 11.9 Å². The van der Waals surface area contributed by atoms with Crippen molar-refractivity contribution >= 4 is 29.5 Å². The van der Waals surface area contributed by atoms with Gasteiger partial charge in [0.15, 0.2) is 0 Å². The molecule has 8 heteroatoms. The summed E-state index contributed by atoms with van der Waals surface area (Å²) in [6.45, 7) is 0.898. The first-order chi connectivity index (χ1) is 17.4. The van der Waals surface area contributed by atoms with Crippen LogP contribution in [0.2, 0.25) is 0 Å². The van der Waals surface area contributed by atoms with Gasteiger partial charge in [0.05, 0.1) is 0 Å². The summed E-state index contributed by atoms with van der Waals surface area (Å²) in [5.41, 5.74) is 3.69. The molecule has 2 aromatic rings. The highest BCUT2D eigenvalue weighted by Gasteiger charge is 2.47. The number of carbonyl (C=O) groups excluding carboxylic acids is 3. The topological polar surface area (TPSA) is 78.5 Å². The summed E-state index contributed by atoms with van der Waals surface area (Å²) in [4.78, 5) is 39.4. The van der Waals surface area contributed by atoms with Crippen LogP contribution in [0.1, 0.15) is 72.0 Å². The van der Waals surface area contributed by atoms with Gasteiger partial charge in [-0.1, -0.05) is 24.6 Å². The van der Waals surface area contributed by atoms with E-state index in [0.29, 0.717) is 47.8 Å². The molecule has 2 saturated carbocycles. The highest BCUT2D eigenvalue weighted by Crippen LogP contribution is 2.55. The van der Waals surface area contributed by atoms with Crippen molar-refractivity contribution in [1.29, 1.82) is 0 Å².